The highest BCUT2D eigenvalue weighted by atomic mass is 16.4. The van der Waals surface area contributed by atoms with E-state index in [9.17, 15) is 30.6 Å². The number of hydrogen-bond acceptors (Lipinski definition) is 6. The maximum atomic E-state index is 12.2. The predicted octanol–water partition coefficient (Wildman–Crippen LogP) is 1.67. The summed E-state index contributed by atoms with van der Waals surface area (Å²) in [6.45, 7) is -0.861. The molecule has 6 N–H and O–H groups in total. The summed E-state index contributed by atoms with van der Waals surface area (Å²) in [4.78, 5) is 0. The minimum atomic E-state index is -2.52. The van der Waals surface area contributed by atoms with Gasteiger partial charge in [0.2, 0.25) is 0 Å². The van der Waals surface area contributed by atoms with Crippen LogP contribution in [0, 0.1) is 0 Å². The molecule has 6 heteroatoms. The summed E-state index contributed by atoms with van der Waals surface area (Å²) in [5.41, 5.74) is -6.77. The zero-order valence-electron chi connectivity index (χ0n) is 17.0. The first kappa shape index (κ1) is 19.8. The molecule has 0 fully saturated rings. The molecule has 0 heterocycles. The van der Waals surface area contributed by atoms with Crippen molar-refractivity contribution in [1.82, 2.24) is 0 Å². The van der Waals surface area contributed by atoms with Crippen LogP contribution < -0.4 is 0 Å². The van der Waals surface area contributed by atoms with Gasteiger partial charge in [-0.3, -0.25) is 0 Å². The zero-order chi connectivity index (χ0) is 22.5. The van der Waals surface area contributed by atoms with E-state index in [4.69, 9.17) is 0 Å². The van der Waals surface area contributed by atoms with Crippen LogP contribution in [0.2, 0.25) is 0 Å². The Balaban J connectivity index is 1.82. The maximum absolute atomic E-state index is 12.2. The van der Waals surface area contributed by atoms with E-state index in [0.717, 1.165) is 10.8 Å². The van der Waals surface area contributed by atoms with Crippen molar-refractivity contribution in [3.8, 4) is 0 Å². The zero-order valence-corrected chi connectivity index (χ0v) is 17.0. The lowest BCUT2D eigenvalue weighted by molar-refractivity contribution is -0.290. The van der Waals surface area contributed by atoms with Gasteiger partial charge in [-0.2, -0.15) is 0 Å². The normalized spacial score (nSPS) is 31.5. The monoisotopic (exact) mass is 430 g/mol. The quantitative estimate of drug-likeness (QED) is 0.288. The standard InChI is InChI=1S/C26H22O6/c27-13-20(28)24(30)19-12-10-15-6-2-4-8-17(15)22(19)25(31)23(29)21-16-7-3-1-5-14(16)9-11-18(21)26(24,25)32/h1-12,20,23,27-32H,13H2/t20-,23?,24+,25+,26-/m0/s1. The van der Waals surface area contributed by atoms with Gasteiger partial charge in [-0.25, -0.2) is 0 Å². The van der Waals surface area contributed by atoms with Gasteiger partial charge in [-0.05, 0) is 38.2 Å². The van der Waals surface area contributed by atoms with Crippen LogP contribution in [-0.4, -0.2) is 43.4 Å². The number of fused-ring (bicyclic) bond motifs is 9. The third kappa shape index (κ3) is 1.89. The Kier molecular flexibility index (Phi) is 3.80. The van der Waals surface area contributed by atoms with Gasteiger partial charge in [0.25, 0.3) is 0 Å². The molecule has 2 aliphatic carbocycles. The van der Waals surface area contributed by atoms with Crippen molar-refractivity contribution in [2.75, 3.05) is 6.61 Å². The summed E-state index contributed by atoms with van der Waals surface area (Å²) in [6.07, 6.45) is -3.43. The van der Waals surface area contributed by atoms with E-state index in [2.05, 4.69) is 0 Å². The summed E-state index contributed by atoms with van der Waals surface area (Å²) in [6, 6.07) is 20.9. The van der Waals surface area contributed by atoms with Crippen LogP contribution in [0.3, 0.4) is 0 Å². The summed E-state index contributed by atoms with van der Waals surface area (Å²) in [5.74, 6) is 0. The van der Waals surface area contributed by atoms with E-state index in [-0.39, 0.29) is 22.3 Å². The number of hydrogen-bond donors (Lipinski definition) is 6. The predicted molar refractivity (Wildman–Crippen MR) is 118 cm³/mol. The van der Waals surface area contributed by atoms with Crippen molar-refractivity contribution < 1.29 is 30.6 Å². The Labute approximate surface area is 183 Å². The average molecular weight is 430 g/mol. The molecule has 4 aromatic carbocycles. The fourth-order valence-electron chi connectivity index (χ4n) is 6.08. The highest BCUT2D eigenvalue weighted by Crippen LogP contribution is 2.70. The molecule has 0 aliphatic heterocycles. The van der Waals surface area contributed by atoms with E-state index in [1.807, 2.05) is 24.3 Å². The fraction of sp³-hybridized carbons (Fsp3) is 0.231. The lowest BCUT2D eigenvalue weighted by atomic mass is 9.72. The first-order valence-electron chi connectivity index (χ1n) is 10.5. The second-order valence-corrected chi connectivity index (χ2v) is 8.80. The molecule has 162 valence electrons. The van der Waals surface area contributed by atoms with Crippen molar-refractivity contribution in [2.45, 2.75) is 29.0 Å². The summed E-state index contributed by atoms with van der Waals surface area (Å²) < 4.78 is 0. The Hall–Kier alpha value is -2.84. The molecule has 0 amide bonds. The second-order valence-electron chi connectivity index (χ2n) is 8.80. The minimum absolute atomic E-state index is 0.0700. The van der Waals surface area contributed by atoms with Crippen LogP contribution in [0.5, 0.6) is 0 Å². The molecule has 0 aromatic heterocycles. The molecule has 1 unspecified atom stereocenters. The molecule has 6 nitrogen and oxygen atoms in total. The van der Waals surface area contributed by atoms with Crippen molar-refractivity contribution in [3.63, 3.8) is 0 Å². The van der Waals surface area contributed by atoms with Crippen molar-refractivity contribution >= 4 is 21.5 Å². The topological polar surface area (TPSA) is 121 Å². The van der Waals surface area contributed by atoms with Crippen LogP contribution in [0.4, 0.5) is 0 Å². The Morgan fingerprint density at radius 3 is 1.97 bits per heavy atom. The number of benzene rings is 4. The molecule has 2 aliphatic rings. The fourth-order valence-corrected chi connectivity index (χ4v) is 6.08. The maximum Gasteiger partial charge on any atom is 0.161 e. The molecule has 32 heavy (non-hydrogen) atoms. The van der Waals surface area contributed by atoms with E-state index in [1.165, 1.54) is 6.07 Å². The summed E-state index contributed by atoms with van der Waals surface area (Å²) in [7, 11) is 0. The molecular formula is C26H22O6. The summed E-state index contributed by atoms with van der Waals surface area (Å²) >= 11 is 0. The van der Waals surface area contributed by atoms with E-state index >= 15 is 0 Å². The molecular weight excluding hydrogens is 408 g/mol. The highest BCUT2D eigenvalue weighted by Gasteiger charge is 2.79. The van der Waals surface area contributed by atoms with Crippen molar-refractivity contribution in [1.29, 1.82) is 0 Å². The van der Waals surface area contributed by atoms with Crippen molar-refractivity contribution in [2.24, 2.45) is 0 Å². The van der Waals surface area contributed by atoms with E-state index < -0.39 is 35.6 Å². The minimum Gasteiger partial charge on any atom is -0.394 e. The van der Waals surface area contributed by atoms with Crippen LogP contribution in [0.15, 0.2) is 72.8 Å². The summed E-state index contributed by atoms with van der Waals surface area (Å²) in [5, 5.41) is 71.4. The van der Waals surface area contributed by atoms with Gasteiger partial charge < -0.3 is 30.6 Å². The van der Waals surface area contributed by atoms with Gasteiger partial charge in [0.15, 0.2) is 16.8 Å². The Morgan fingerprint density at radius 2 is 1.31 bits per heavy atom. The van der Waals surface area contributed by atoms with E-state index in [0.29, 0.717) is 10.8 Å². The van der Waals surface area contributed by atoms with Gasteiger partial charge in [-0.1, -0.05) is 72.8 Å². The molecule has 0 radical (unpaired) electrons. The largest absolute Gasteiger partial charge is 0.394 e. The first-order chi connectivity index (χ1) is 15.3. The average Bonchev–Trinajstić information content (AvgIpc) is 3.12. The highest BCUT2D eigenvalue weighted by molar-refractivity contribution is 5.93. The Bertz CT molecular complexity index is 1420. The molecule has 0 spiro atoms. The van der Waals surface area contributed by atoms with Crippen LogP contribution in [0.1, 0.15) is 28.4 Å². The van der Waals surface area contributed by atoms with Crippen LogP contribution >= 0.6 is 0 Å². The van der Waals surface area contributed by atoms with Gasteiger partial charge >= 0.3 is 0 Å². The molecule has 0 saturated heterocycles. The lowest BCUT2D eigenvalue weighted by Gasteiger charge is -2.44. The van der Waals surface area contributed by atoms with Gasteiger partial charge in [-0.15, -0.1) is 0 Å². The second kappa shape index (κ2) is 6.14. The third-order valence-corrected chi connectivity index (χ3v) is 7.51. The van der Waals surface area contributed by atoms with Crippen LogP contribution in [-0.2, 0) is 16.8 Å². The third-order valence-electron chi connectivity index (χ3n) is 7.51. The smallest absolute Gasteiger partial charge is 0.161 e. The molecule has 6 rings (SSSR count). The van der Waals surface area contributed by atoms with Crippen LogP contribution in [0.25, 0.3) is 21.5 Å². The Morgan fingerprint density at radius 1 is 0.750 bits per heavy atom. The molecule has 4 aromatic rings. The number of aliphatic hydroxyl groups is 6. The molecule has 0 saturated carbocycles. The van der Waals surface area contributed by atoms with E-state index in [1.54, 1.807) is 42.5 Å². The number of rotatable bonds is 2. The SMILES string of the molecule is OC[C@H](O)[C@]1(O)c2ccc3ccccc3c2[C@@]2(O)C(O)c3c(ccc4ccccc34)[C@@]21O. The van der Waals surface area contributed by atoms with Crippen molar-refractivity contribution in [3.05, 3.63) is 95.1 Å². The molecule has 0 bridgehead atoms. The van der Waals surface area contributed by atoms with Gasteiger partial charge in [0.1, 0.15) is 12.2 Å². The molecule has 5 atom stereocenters. The lowest BCUT2D eigenvalue weighted by Crippen LogP contribution is -2.60. The van der Waals surface area contributed by atoms with Gasteiger partial charge in [0, 0.05) is 5.56 Å². The number of aliphatic hydroxyl groups excluding tert-OH is 3. The first-order valence-corrected chi connectivity index (χ1v) is 10.5. The van der Waals surface area contributed by atoms with Gasteiger partial charge in [0.05, 0.1) is 6.61 Å².